The SMILES string of the molecule is COCC(N)C(=O)Nc1ccccc1C(=O)N1CCC(C)CC1.Cl. The van der Waals surface area contributed by atoms with Crippen molar-refractivity contribution in [1.82, 2.24) is 4.90 Å². The molecule has 0 aromatic heterocycles. The highest BCUT2D eigenvalue weighted by atomic mass is 35.5. The minimum absolute atomic E-state index is 0. The number of nitrogens with one attached hydrogen (secondary N) is 1. The van der Waals surface area contributed by atoms with E-state index in [4.69, 9.17) is 10.5 Å². The highest BCUT2D eigenvalue weighted by Crippen LogP contribution is 2.22. The highest BCUT2D eigenvalue weighted by molar-refractivity contribution is 6.04. The molecule has 2 amide bonds. The number of nitrogens with zero attached hydrogens (tertiary/aromatic N) is 1. The first kappa shape index (κ1) is 20.4. The number of para-hydroxylation sites is 1. The Balaban J connectivity index is 0.00000288. The van der Waals surface area contributed by atoms with E-state index >= 15 is 0 Å². The molecule has 0 saturated carbocycles. The van der Waals surface area contributed by atoms with Crippen LogP contribution in [-0.4, -0.2) is 49.6 Å². The van der Waals surface area contributed by atoms with E-state index in [1.54, 1.807) is 24.3 Å². The van der Waals surface area contributed by atoms with E-state index in [2.05, 4.69) is 12.2 Å². The predicted octanol–water partition coefficient (Wildman–Crippen LogP) is 1.89. The van der Waals surface area contributed by atoms with Gasteiger partial charge < -0.3 is 20.7 Å². The maximum absolute atomic E-state index is 12.7. The van der Waals surface area contributed by atoms with Crippen molar-refractivity contribution in [2.24, 2.45) is 11.7 Å². The summed E-state index contributed by atoms with van der Waals surface area (Å²) < 4.78 is 4.88. The average Bonchev–Trinajstić information content (AvgIpc) is 2.55. The molecular formula is C17H26ClN3O3. The van der Waals surface area contributed by atoms with Crippen LogP contribution in [0.25, 0.3) is 0 Å². The number of methoxy groups -OCH3 is 1. The van der Waals surface area contributed by atoms with Crippen molar-refractivity contribution in [3.63, 3.8) is 0 Å². The quantitative estimate of drug-likeness (QED) is 0.844. The summed E-state index contributed by atoms with van der Waals surface area (Å²) in [4.78, 5) is 26.6. The van der Waals surface area contributed by atoms with Gasteiger partial charge in [0.05, 0.1) is 17.9 Å². The number of carbonyl (C=O) groups excluding carboxylic acids is 2. The fourth-order valence-electron chi connectivity index (χ4n) is 2.64. The second-order valence-corrected chi connectivity index (χ2v) is 6.07. The predicted molar refractivity (Wildman–Crippen MR) is 96.5 cm³/mol. The van der Waals surface area contributed by atoms with Crippen LogP contribution in [0.4, 0.5) is 5.69 Å². The summed E-state index contributed by atoms with van der Waals surface area (Å²) in [6, 6.07) is 6.27. The second-order valence-electron chi connectivity index (χ2n) is 6.07. The van der Waals surface area contributed by atoms with Crippen molar-refractivity contribution in [2.75, 3.05) is 32.1 Å². The molecule has 0 radical (unpaired) electrons. The first-order valence-electron chi connectivity index (χ1n) is 7.96. The number of carbonyl (C=O) groups is 2. The second kappa shape index (κ2) is 9.61. The van der Waals surface area contributed by atoms with Crippen LogP contribution in [-0.2, 0) is 9.53 Å². The molecule has 0 aliphatic carbocycles. The van der Waals surface area contributed by atoms with Crippen LogP contribution in [0.1, 0.15) is 30.1 Å². The van der Waals surface area contributed by atoms with Crippen LogP contribution in [0.15, 0.2) is 24.3 Å². The van der Waals surface area contributed by atoms with Gasteiger partial charge in [-0.25, -0.2) is 0 Å². The topological polar surface area (TPSA) is 84.7 Å². The molecule has 3 N–H and O–H groups in total. The zero-order chi connectivity index (χ0) is 16.8. The smallest absolute Gasteiger partial charge is 0.255 e. The van der Waals surface area contributed by atoms with Gasteiger partial charge in [0, 0.05) is 20.2 Å². The molecule has 1 fully saturated rings. The lowest BCUT2D eigenvalue weighted by atomic mass is 9.98. The number of hydrogen-bond donors (Lipinski definition) is 2. The van der Waals surface area contributed by atoms with Gasteiger partial charge in [0.25, 0.3) is 5.91 Å². The summed E-state index contributed by atoms with van der Waals surface area (Å²) in [5, 5.41) is 2.73. The highest BCUT2D eigenvalue weighted by Gasteiger charge is 2.24. The van der Waals surface area contributed by atoms with Crippen molar-refractivity contribution in [3.8, 4) is 0 Å². The fourth-order valence-corrected chi connectivity index (χ4v) is 2.64. The van der Waals surface area contributed by atoms with Gasteiger partial charge >= 0.3 is 0 Å². The number of amides is 2. The Hall–Kier alpha value is -1.63. The molecule has 0 spiro atoms. The number of likely N-dealkylation sites (tertiary alicyclic amines) is 1. The lowest BCUT2D eigenvalue weighted by Gasteiger charge is -2.30. The maximum Gasteiger partial charge on any atom is 0.255 e. The Kier molecular flexibility index (Phi) is 8.18. The van der Waals surface area contributed by atoms with Crippen LogP contribution in [0, 0.1) is 5.92 Å². The van der Waals surface area contributed by atoms with Crippen molar-refractivity contribution in [1.29, 1.82) is 0 Å². The van der Waals surface area contributed by atoms with E-state index in [1.807, 2.05) is 4.90 Å². The molecule has 0 bridgehead atoms. The largest absolute Gasteiger partial charge is 0.383 e. The standard InChI is InChI=1S/C17H25N3O3.ClH/c1-12-7-9-20(10-8-12)17(22)13-5-3-4-6-15(13)19-16(21)14(18)11-23-2;/h3-6,12,14H,7-11,18H2,1-2H3,(H,19,21);1H. The molecule has 1 aromatic rings. The van der Waals surface area contributed by atoms with E-state index in [-0.39, 0.29) is 30.8 Å². The zero-order valence-corrected chi connectivity index (χ0v) is 15.0. The fraction of sp³-hybridized carbons (Fsp3) is 0.529. The Morgan fingerprint density at radius 2 is 1.96 bits per heavy atom. The van der Waals surface area contributed by atoms with E-state index in [1.165, 1.54) is 7.11 Å². The lowest BCUT2D eigenvalue weighted by Crippen LogP contribution is -2.40. The molecule has 1 aliphatic heterocycles. The molecule has 2 rings (SSSR count). The number of benzene rings is 1. The number of halogens is 1. The number of ether oxygens (including phenoxy) is 1. The van der Waals surface area contributed by atoms with Crippen LogP contribution >= 0.6 is 12.4 Å². The number of hydrogen-bond acceptors (Lipinski definition) is 4. The molecular weight excluding hydrogens is 330 g/mol. The van der Waals surface area contributed by atoms with Crippen molar-refractivity contribution in [2.45, 2.75) is 25.8 Å². The number of nitrogens with two attached hydrogens (primary N) is 1. The van der Waals surface area contributed by atoms with Gasteiger partial charge in [-0.3, -0.25) is 9.59 Å². The van der Waals surface area contributed by atoms with E-state index in [9.17, 15) is 9.59 Å². The number of anilines is 1. The summed E-state index contributed by atoms with van der Waals surface area (Å²) in [7, 11) is 1.49. The van der Waals surface area contributed by atoms with Crippen LogP contribution in [0.3, 0.4) is 0 Å². The minimum Gasteiger partial charge on any atom is -0.383 e. The first-order valence-corrected chi connectivity index (χ1v) is 7.96. The Labute approximate surface area is 149 Å². The maximum atomic E-state index is 12.7. The number of rotatable bonds is 5. The monoisotopic (exact) mass is 355 g/mol. The van der Waals surface area contributed by atoms with Crippen LogP contribution in [0.5, 0.6) is 0 Å². The van der Waals surface area contributed by atoms with Crippen molar-refractivity contribution < 1.29 is 14.3 Å². The Morgan fingerprint density at radius 3 is 2.58 bits per heavy atom. The Bertz CT molecular complexity index is 560. The van der Waals surface area contributed by atoms with Gasteiger partial charge in [-0.05, 0) is 30.9 Å². The van der Waals surface area contributed by atoms with Crippen LogP contribution < -0.4 is 11.1 Å². The molecule has 1 aromatic carbocycles. The third-order valence-electron chi connectivity index (χ3n) is 4.17. The van der Waals surface area contributed by atoms with Gasteiger partial charge in [-0.2, -0.15) is 0 Å². The molecule has 1 aliphatic rings. The normalized spacial score (nSPS) is 16.2. The number of piperidine rings is 1. The van der Waals surface area contributed by atoms with E-state index in [0.29, 0.717) is 17.2 Å². The third kappa shape index (κ3) is 5.19. The summed E-state index contributed by atoms with van der Waals surface area (Å²) in [6.07, 6.45) is 2.03. The summed E-state index contributed by atoms with van der Waals surface area (Å²) in [5.74, 6) is 0.244. The molecule has 7 heteroatoms. The van der Waals surface area contributed by atoms with Crippen molar-refractivity contribution in [3.05, 3.63) is 29.8 Å². The van der Waals surface area contributed by atoms with E-state index in [0.717, 1.165) is 25.9 Å². The lowest BCUT2D eigenvalue weighted by molar-refractivity contribution is -0.118. The molecule has 1 saturated heterocycles. The van der Waals surface area contributed by atoms with Gasteiger partial charge in [0.2, 0.25) is 5.91 Å². The molecule has 6 nitrogen and oxygen atoms in total. The van der Waals surface area contributed by atoms with Gasteiger partial charge in [-0.1, -0.05) is 19.1 Å². The first-order chi connectivity index (χ1) is 11.0. The Morgan fingerprint density at radius 1 is 1.33 bits per heavy atom. The van der Waals surface area contributed by atoms with Gasteiger partial charge in [-0.15, -0.1) is 12.4 Å². The van der Waals surface area contributed by atoms with Gasteiger partial charge in [0.15, 0.2) is 0 Å². The summed E-state index contributed by atoms with van der Waals surface area (Å²) in [5.41, 5.74) is 6.72. The molecule has 1 atom stereocenters. The minimum atomic E-state index is -0.765. The summed E-state index contributed by atoms with van der Waals surface area (Å²) >= 11 is 0. The third-order valence-corrected chi connectivity index (χ3v) is 4.17. The summed E-state index contributed by atoms with van der Waals surface area (Å²) in [6.45, 7) is 3.84. The molecule has 1 unspecified atom stereocenters. The molecule has 24 heavy (non-hydrogen) atoms. The van der Waals surface area contributed by atoms with E-state index < -0.39 is 6.04 Å². The zero-order valence-electron chi connectivity index (χ0n) is 14.2. The molecule has 1 heterocycles. The van der Waals surface area contributed by atoms with Gasteiger partial charge in [0.1, 0.15) is 6.04 Å². The van der Waals surface area contributed by atoms with Crippen molar-refractivity contribution >= 4 is 29.9 Å². The van der Waals surface area contributed by atoms with Crippen LogP contribution in [0.2, 0.25) is 0 Å². The molecule has 134 valence electrons. The average molecular weight is 356 g/mol.